The summed E-state index contributed by atoms with van der Waals surface area (Å²) in [6, 6.07) is 5.09. The fourth-order valence-electron chi connectivity index (χ4n) is 2.09. The van der Waals surface area contributed by atoms with E-state index in [9.17, 15) is 4.79 Å². The van der Waals surface area contributed by atoms with Gasteiger partial charge < -0.3 is 15.0 Å². The van der Waals surface area contributed by atoms with E-state index in [0.717, 1.165) is 16.9 Å². The minimum Gasteiger partial charge on any atom is -0.464 e. The number of nitrogen functional groups attached to an aromatic ring is 1. The molecule has 1 unspecified atom stereocenters. The number of aryl methyl sites for hydroxylation is 1. The Labute approximate surface area is 106 Å². The van der Waals surface area contributed by atoms with Crippen molar-refractivity contribution < 1.29 is 9.53 Å². The molecule has 1 aromatic carbocycles. The molecule has 0 saturated heterocycles. The molecule has 0 aliphatic heterocycles. The van der Waals surface area contributed by atoms with Gasteiger partial charge in [0.2, 0.25) is 0 Å². The van der Waals surface area contributed by atoms with Gasteiger partial charge in [0, 0.05) is 5.69 Å². The molecule has 18 heavy (non-hydrogen) atoms. The number of esters is 1. The van der Waals surface area contributed by atoms with E-state index in [1.54, 1.807) is 19.1 Å². The van der Waals surface area contributed by atoms with Crippen molar-refractivity contribution in [3.05, 3.63) is 24.0 Å². The zero-order chi connectivity index (χ0) is 13.3. The summed E-state index contributed by atoms with van der Waals surface area (Å²) in [6.07, 6.45) is 0. The molecule has 1 atom stereocenters. The van der Waals surface area contributed by atoms with Gasteiger partial charge in [-0.3, -0.25) is 0 Å². The Morgan fingerprint density at radius 1 is 1.56 bits per heavy atom. The summed E-state index contributed by atoms with van der Waals surface area (Å²) >= 11 is 0. The lowest BCUT2D eigenvalue weighted by Gasteiger charge is -2.14. The number of hydrogen-bond acceptors (Lipinski definition) is 4. The quantitative estimate of drug-likeness (QED) is 0.665. The van der Waals surface area contributed by atoms with Crippen LogP contribution in [0.15, 0.2) is 18.2 Å². The highest BCUT2D eigenvalue weighted by molar-refractivity contribution is 5.83. The molecular formula is C13H17N3O2. The Bertz CT molecular complexity index is 589. The second-order valence-electron chi connectivity index (χ2n) is 4.21. The SMILES string of the molecule is CCOC(=O)C(C)n1c(C)nc2cc(N)ccc21. The van der Waals surface area contributed by atoms with Crippen LogP contribution in [-0.2, 0) is 9.53 Å². The third-order valence-electron chi connectivity index (χ3n) is 2.90. The fourth-order valence-corrected chi connectivity index (χ4v) is 2.09. The highest BCUT2D eigenvalue weighted by Gasteiger charge is 2.20. The maximum atomic E-state index is 11.8. The first-order valence-corrected chi connectivity index (χ1v) is 5.95. The summed E-state index contributed by atoms with van der Waals surface area (Å²) in [4.78, 5) is 16.2. The summed E-state index contributed by atoms with van der Waals surface area (Å²) in [5, 5.41) is 0. The predicted molar refractivity (Wildman–Crippen MR) is 70.2 cm³/mol. The van der Waals surface area contributed by atoms with Crippen molar-refractivity contribution >= 4 is 22.7 Å². The number of carbonyl (C=O) groups is 1. The van der Waals surface area contributed by atoms with Gasteiger partial charge in [-0.25, -0.2) is 9.78 Å². The second kappa shape index (κ2) is 4.68. The summed E-state index contributed by atoms with van der Waals surface area (Å²) in [7, 11) is 0. The molecule has 1 aromatic heterocycles. The van der Waals surface area contributed by atoms with Crippen LogP contribution in [0.1, 0.15) is 25.7 Å². The topological polar surface area (TPSA) is 70.1 Å². The molecule has 5 nitrogen and oxygen atoms in total. The van der Waals surface area contributed by atoms with Crippen LogP contribution in [0, 0.1) is 6.92 Å². The Kier molecular flexibility index (Phi) is 3.23. The van der Waals surface area contributed by atoms with Crippen molar-refractivity contribution in [2.75, 3.05) is 12.3 Å². The van der Waals surface area contributed by atoms with Crippen LogP contribution < -0.4 is 5.73 Å². The van der Waals surface area contributed by atoms with Crippen LogP contribution in [0.2, 0.25) is 0 Å². The number of hydrogen-bond donors (Lipinski definition) is 1. The number of fused-ring (bicyclic) bond motifs is 1. The van der Waals surface area contributed by atoms with Gasteiger partial charge in [0.1, 0.15) is 11.9 Å². The number of benzene rings is 1. The number of nitrogens with zero attached hydrogens (tertiary/aromatic N) is 2. The maximum Gasteiger partial charge on any atom is 0.328 e. The van der Waals surface area contributed by atoms with Gasteiger partial charge in [-0.05, 0) is 39.0 Å². The van der Waals surface area contributed by atoms with Crippen LogP contribution >= 0.6 is 0 Å². The van der Waals surface area contributed by atoms with E-state index < -0.39 is 6.04 Å². The number of aromatic nitrogens is 2. The van der Waals surface area contributed by atoms with E-state index >= 15 is 0 Å². The van der Waals surface area contributed by atoms with Gasteiger partial charge in [-0.15, -0.1) is 0 Å². The van der Waals surface area contributed by atoms with Crippen molar-refractivity contribution in [3.8, 4) is 0 Å². The molecular weight excluding hydrogens is 230 g/mol. The van der Waals surface area contributed by atoms with Gasteiger partial charge in [0.15, 0.2) is 0 Å². The van der Waals surface area contributed by atoms with Crippen LogP contribution in [0.5, 0.6) is 0 Å². The molecule has 96 valence electrons. The summed E-state index contributed by atoms with van der Waals surface area (Å²) in [5.74, 6) is 0.521. The summed E-state index contributed by atoms with van der Waals surface area (Å²) in [5.41, 5.74) is 8.07. The molecule has 0 aliphatic carbocycles. The molecule has 0 fully saturated rings. The van der Waals surface area contributed by atoms with Crippen molar-refractivity contribution in [1.29, 1.82) is 0 Å². The largest absolute Gasteiger partial charge is 0.464 e. The Morgan fingerprint density at radius 3 is 2.94 bits per heavy atom. The zero-order valence-electron chi connectivity index (χ0n) is 10.8. The number of nitrogens with two attached hydrogens (primary N) is 1. The van der Waals surface area contributed by atoms with Gasteiger partial charge in [0.05, 0.1) is 17.6 Å². The van der Waals surface area contributed by atoms with E-state index in [1.165, 1.54) is 0 Å². The number of ether oxygens (including phenoxy) is 1. The fraction of sp³-hybridized carbons (Fsp3) is 0.385. The van der Waals surface area contributed by atoms with Crippen LogP contribution in [-0.4, -0.2) is 22.1 Å². The third kappa shape index (κ3) is 2.03. The molecule has 0 radical (unpaired) electrons. The zero-order valence-corrected chi connectivity index (χ0v) is 10.8. The molecule has 0 bridgehead atoms. The van der Waals surface area contributed by atoms with Crippen molar-refractivity contribution in [3.63, 3.8) is 0 Å². The van der Waals surface area contributed by atoms with E-state index in [0.29, 0.717) is 12.3 Å². The van der Waals surface area contributed by atoms with E-state index in [1.807, 2.05) is 24.5 Å². The molecule has 5 heteroatoms. The Hall–Kier alpha value is -2.04. The van der Waals surface area contributed by atoms with E-state index in [-0.39, 0.29) is 5.97 Å². The summed E-state index contributed by atoms with van der Waals surface area (Å²) < 4.78 is 6.91. The lowest BCUT2D eigenvalue weighted by atomic mass is 10.2. The highest BCUT2D eigenvalue weighted by Crippen LogP contribution is 2.23. The number of anilines is 1. The maximum absolute atomic E-state index is 11.8. The van der Waals surface area contributed by atoms with Gasteiger partial charge >= 0.3 is 5.97 Å². The molecule has 2 aromatic rings. The number of imidazole rings is 1. The molecule has 2 N–H and O–H groups in total. The Morgan fingerprint density at radius 2 is 2.28 bits per heavy atom. The smallest absolute Gasteiger partial charge is 0.328 e. The number of rotatable bonds is 3. The van der Waals surface area contributed by atoms with Gasteiger partial charge in [0.25, 0.3) is 0 Å². The molecule has 0 saturated carbocycles. The van der Waals surface area contributed by atoms with Crippen molar-refractivity contribution in [1.82, 2.24) is 9.55 Å². The predicted octanol–water partition coefficient (Wildman–Crippen LogP) is 2.05. The van der Waals surface area contributed by atoms with Crippen LogP contribution in [0.4, 0.5) is 5.69 Å². The van der Waals surface area contributed by atoms with Crippen molar-refractivity contribution in [2.45, 2.75) is 26.8 Å². The molecule has 0 aliphatic rings. The summed E-state index contributed by atoms with van der Waals surface area (Å²) in [6.45, 7) is 5.85. The standard InChI is InChI=1S/C13H17N3O2/c1-4-18-13(17)8(2)16-9(3)15-11-7-10(14)5-6-12(11)16/h5-8H,4,14H2,1-3H3. The number of carbonyl (C=O) groups excluding carboxylic acids is 1. The average Bonchev–Trinajstić information content (AvgIpc) is 2.63. The first kappa shape index (κ1) is 12.4. The Balaban J connectivity index is 2.50. The normalized spacial score (nSPS) is 12.6. The van der Waals surface area contributed by atoms with Crippen molar-refractivity contribution in [2.24, 2.45) is 0 Å². The van der Waals surface area contributed by atoms with Gasteiger partial charge in [-0.2, -0.15) is 0 Å². The van der Waals surface area contributed by atoms with Gasteiger partial charge in [-0.1, -0.05) is 0 Å². The van der Waals surface area contributed by atoms with E-state index in [2.05, 4.69) is 4.98 Å². The first-order valence-electron chi connectivity index (χ1n) is 5.95. The first-order chi connectivity index (χ1) is 8.54. The van der Waals surface area contributed by atoms with Crippen LogP contribution in [0.3, 0.4) is 0 Å². The third-order valence-corrected chi connectivity index (χ3v) is 2.90. The molecule has 1 heterocycles. The second-order valence-corrected chi connectivity index (χ2v) is 4.21. The minimum atomic E-state index is -0.390. The molecule has 2 rings (SSSR count). The van der Waals surface area contributed by atoms with Crippen LogP contribution in [0.25, 0.3) is 11.0 Å². The lowest BCUT2D eigenvalue weighted by Crippen LogP contribution is -2.20. The highest BCUT2D eigenvalue weighted by atomic mass is 16.5. The monoisotopic (exact) mass is 247 g/mol. The molecule has 0 amide bonds. The van der Waals surface area contributed by atoms with E-state index in [4.69, 9.17) is 10.5 Å². The minimum absolute atomic E-state index is 0.253. The average molecular weight is 247 g/mol. The molecule has 0 spiro atoms. The lowest BCUT2D eigenvalue weighted by molar-refractivity contribution is -0.146.